The number of hydrogen-bond acceptors (Lipinski definition) is 3. The van der Waals surface area contributed by atoms with Crippen LogP contribution in [-0.2, 0) is 6.42 Å². The van der Waals surface area contributed by atoms with Gasteiger partial charge in [-0.15, -0.1) is 0 Å². The topological polar surface area (TPSA) is 54.0 Å². The van der Waals surface area contributed by atoms with E-state index in [0.717, 1.165) is 23.8 Å². The fourth-order valence-corrected chi connectivity index (χ4v) is 2.48. The minimum Gasteiger partial charge on any atom is -0.370 e. The standard InChI is InChI=1S/C20H18ClN3O/c21-17-8-6-15(7-9-17)12-13-22-19-11-10-18(14-23-19)24-20(25)16-4-2-1-3-5-16/h1-11,14H,12-13H2,(H,22,23)(H,24,25). The van der Waals surface area contributed by atoms with Crippen LogP contribution in [0.4, 0.5) is 11.5 Å². The maximum absolute atomic E-state index is 12.1. The van der Waals surface area contributed by atoms with E-state index in [1.165, 1.54) is 5.56 Å². The van der Waals surface area contributed by atoms with E-state index >= 15 is 0 Å². The first-order valence-corrected chi connectivity index (χ1v) is 8.39. The lowest BCUT2D eigenvalue weighted by Gasteiger charge is -2.08. The highest BCUT2D eigenvalue weighted by Crippen LogP contribution is 2.13. The molecule has 1 aromatic heterocycles. The van der Waals surface area contributed by atoms with Crippen LogP contribution in [0.25, 0.3) is 0 Å². The van der Waals surface area contributed by atoms with Crippen molar-refractivity contribution in [3.05, 3.63) is 89.1 Å². The zero-order valence-corrected chi connectivity index (χ0v) is 14.3. The van der Waals surface area contributed by atoms with Gasteiger partial charge in [-0.25, -0.2) is 4.98 Å². The van der Waals surface area contributed by atoms with Crippen LogP contribution in [0.3, 0.4) is 0 Å². The number of hydrogen-bond donors (Lipinski definition) is 2. The largest absolute Gasteiger partial charge is 0.370 e. The quantitative estimate of drug-likeness (QED) is 0.680. The predicted molar refractivity (Wildman–Crippen MR) is 102 cm³/mol. The molecule has 0 aliphatic carbocycles. The van der Waals surface area contributed by atoms with Crippen LogP contribution >= 0.6 is 11.6 Å². The van der Waals surface area contributed by atoms with E-state index in [1.54, 1.807) is 18.3 Å². The van der Waals surface area contributed by atoms with E-state index in [9.17, 15) is 4.79 Å². The highest BCUT2D eigenvalue weighted by Gasteiger charge is 2.05. The van der Waals surface area contributed by atoms with Crippen LogP contribution in [0.5, 0.6) is 0 Å². The normalized spacial score (nSPS) is 10.3. The summed E-state index contributed by atoms with van der Waals surface area (Å²) in [7, 11) is 0. The molecule has 1 amide bonds. The zero-order valence-electron chi connectivity index (χ0n) is 13.6. The van der Waals surface area contributed by atoms with E-state index in [-0.39, 0.29) is 5.91 Å². The Bertz CT molecular complexity index is 818. The number of nitrogens with one attached hydrogen (secondary N) is 2. The van der Waals surface area contributed by atoms with Gasteiger partial charge in [0.05, 0.1) is 11.9 Å². The summed E-state index contributed by atoms with van der Waals surface area (Å²) in [5.41, 5.74) is 2.49. The second-order valence-electron chi connectivity index (χ2n) is 5.56. The van der Waals surface area contributed by atoms with Gasteiger partial charge in [-0.2, -0.15) is 0 Å². The summed E-state index contributed by atoms with van der Waals surface area (Å²) in [6.45, 7) is 0.768. The number of rotatable bonds is 6. The Kier molecular flexibility index (Phi) is 5.65. The Hall–Kier alpha value is -2.85. The monoisotopic (exact) mass is 351 g/mol. The SMILES string of the molecule is O=C(Nc1ccc(NCCc2ccc(Cl)cc2)nc1)c1ccccc1. The Labute approximate surface area is 151 Å². The van der Waals surface area contributed by atoms with Crippen molar-refractivity contribution in [2.24, 2.45) is 0 Å². The number of amides is 1. The number of halogens is 1. The maximum atomic E-state index is 12.1. The van der Waals surface area contributed by atoms with Gasteiger partial charge in [0.2, 0.25) is 0 Å². The third kappa shape index (κ3) is 5.06. The van der Waals surface area contributed by atoms with Crippen molar-refractivity contribution >= 4 is 29.0 Å². The second-order valence-corrected chi connectivity index (χ2v) is 5.99. The Balaban J connectivity index is 1.50. The lowest BCUT2D eigenvalue weighted by atomic mass is 10.1. The molecular formula is C20H18ClN3O. The van der Waals surface area contributed by atoms with Crippen molar-refractivity contribution in [1.29, 1.82) is 0 Å². The number of aromatic nitrogens is 1. The lowest BCUT2D eigenvalue weighted by Crippen LogP contribution is -2.12. The molecule has 0 saturated carbocycles. The molecule has 3 aromatic rings. The molecule has 0 bridgehead atoms. The third-order valence-corrected chi connectivity index (χ3v) is 3.94. The molecule has 0 radical (unpaired) electrons. The Morgan fingerprint density at radius 1 is 0.960 bits per heavy atom. The second kappa shape index (κ2) is 8.31. The van der Waals surface area contributed by atoms with Gasteiger partial charge in [-0.1, -0.05) is 41.9 Å². The minimum absolute atomic E-state index is 0.147. The fraction of sp³-hybridized carbons (Fsp3) is 0.100. The highest BCUT2D eigenvalue weighted by molar-refractivity contribution is 6.30. The Morgan fingerprint density at radius 3 is 2.40 bits per heavy atom. The molecule has 2 N–H and O–H groups in total. The first-order valence-electron chi connectivity index (χ1n) is 8.01. The molecule has 2 aromatic carbocycles. The van der Waals surface area contributed by atoms with Gasteiger partial charge in [0.1, 0.15) is 5.82 Å². The molecule has 0 saturated heterocycles. The number of carbonyl (C=O) groups is 1. The van der Waals surface area contributed by atoms with E-state index in [4.69, 9.17) is 11.6 Å². The number of anilines is 2. The van der Waals surface area contributed by atoms with Crippen molar-refractivity contribution in [3.8, 4) is 0 Å². The summed E-state index contributed by atoms with van der Waals surface area (Å²) < 4.78 is 0. The molecule has 4 nitrogen and oxygen atoms in total. The zero-order chi connectivity index (χ0) is 17.5. The molecule has 25 heavy (non-hydrogen) atoms. The van der Waals surface area contributed by atoms with Gasteiger partial charge in [0, 0.05) is 17.1 Å². The van der Waals surface area contributed by atoms with Gasteiger partial charge >= 0.3 is 0 Å². The predicted octanol–water partition coefficient (Wildman–Crippen LogP) is 4.64. The van der Waals surface area contributed by atoms with E-state index < -0.39 is 0 Å². The van der Waals surface area contributed by atoms with E-state index in [2.05, 4.69) is 15.6 Å². The van der Waals surface area contributed by atoms with Gasteiger partial charge in [0.15, 0.2) is 0 Å². The minimum atomic E-state index is -0.147. The summed E-state index contributed by atoms with van der Waals surface area (Å²) in [5.74, 6) is 0.623. The third-order valence-electron chi connectivity index (χ3n) is 3.69. The van der Waals surface area contributed by atoms with Gasteiger partial charge in [-0.05, 0) is 48.4 Å². The molecular weight excluding hydrogens is 334 g/mol. The average molecular weight is 352 g/mol. The maximum Gasteiger partial charge on any atom is 0.255 e. The fourth-order valence-electron chi connectivity index (χ4n) is 2.35. The number of pyridine rings is 1. The summed E-state index contributed by atoms with van der Waals surface area (Å²) in [6.07, 6.45) is 2.52. The Morgan fingerprint density at radius 2 is 1.72 bits per heavy atom. The van der Waals surface area contributed by atoms with Crippen LogP contribution in [-0.4, -0.2) is 17.4 Å². The smallest absolute Gasteiger partial charge is 0.255 e. The van der Waals surface area contributed by atoms with Gasteiger partial charge in [-0.3, -0.25) is 4.79 Å². The molecule has 0 atom stereocenters. The molecule has 0 aliphatic rings. The number of nitrogens with zero attached hydrogens (tertiary/aromatic N) is 1. The number of benzene rings is 2. The molecule has 0 spiro atoms. The van der Waals surface area contributed by atoms with Crippen molar-refractivity contribution in [3.63, 3.8) is 0 Å². The van der Waals surface area contributed by atoms with Gasteiger partial charge in [0.25, 0.3) is 5.91 Å². The van der Waals surface area contributed by atoms with Crippen LogP contribution in [0.2, 0.25) is 5.02 Å². The summed E-state index contributed by atoms with van der Waals surface area (Å²) >= 11 is 5.88. The van der Waals surface area contributed by atoms with Crippen molar-refractivity contribution in [1.82, 2.24) is 4.98 Å². The lowest BCUT2D eigenvalue weighted by molar-refractivity contribution is 0.102. The summed E-state index contributed by atoms with van der Waals surface area (Å²) in [5, 5.41) is 6.84. The van der Waals surface area contributed by atoms with Crippen LogP contribution < -0.4 is 10.6 Å². The molecule has 3 rings (SSSR count). The first kappa shape index (κ1) is 17.0. The molecule has 1 heterocycles. The van der Waals surface area contributed by atoms with Crippen LogP contribution in [0.1, 0.15) is 15.9 Å². The average Bonchev–Trinajstić information content (AvgIpc) is 2.65. The molecule has 0 fully saturated rings. The van der Waals surface area contributed by atoms with Crippen molar-refractivity contribution < 1.29 is 4.79 Å². The highest BCUT2D eigenvalue weighted by atomic mass is 35.5. The molecule has 126 valence electrons. The summed E-state index contributed by atoms with van der Waals surface area (Å²) in [4.78, 5) is 16.4. The molecule has 5 heteroatoms. The molecule has 0 aliphatic heterocycles. The van der Waals surface area contributed by atoms with E-state index in [0.29, 0.717) is 11.3 Å². The first-order chi connectivity index (χ1) is 12.2. The van der Waals surface area contributed by atoms with Gasteiger partial charge < -0.3 is 10.6 Å². The van der Waals surface area contributed by atoms with Crippen LogP contribution in [0.15, 0.2) is 72.9 Å². The molecule has 0 unspecified atom stereocenters. The van der Waals surface area contributed by atoms with Crippen molar-refractivity contribution in [2.45, 2.75) is 6.42 Å². The van der Waals surface area contributed by atoms with Crippen LogP contribution in [0, 0.1) is 0 Å². The van der Waals surface area contributed by atoms with Crippen molar-refractivity contribution in [2.75, 3.05) is 17.2 Å². The summed E-state index contributed by atoms with van der Waals surface area (Å²) in [6, 6.07) is 20.6. The van der Waals surface area contributed by atoms with E-state index in [1.807, 2.05) is 54.6 Å². The number of carbonyl (C=O) groups excluding carboxylic acids is 1.